The highest BCUT2D eigenvalue weighted by Gasteiger charge is 2.44. The third-order valence-electron chi connectivity index (χ3n) is 6.12. The van der Waals surface area contributed by atoms with Gasteiger partial charge in [0.05, 0.1) is 0 Å². The third-order valence-corrected chi connectivity index (χ3v) is 6.12. The van der Waals surface area contributed by atoms with Crippen LogP contribution in [0, 0.1) is 5.41 Å². The molecule has 1 saturated heterocycles. The van der Waals surface area contributed by atoms with Crippen LogP contribution in [0.3, 0.4) is 0 Å². The molecule has 8 nitrogen and oxygen atoms in total. The van der Waals surface area contributed by atoms with Crippen molar-refractivity contribution in [3.05, 3.63) is 41.6 Å². The zero-order valence-corrected chi connectivity index (χ0v) is 17.8. The van der Waals surface area contributed by atoms with Gasteiger partial charge in [-0.25, -0.2) is 4.68 Å². The van der Waals surface area contributed by atoms with Gasteiger partial charge >= 0.3 is 0 Å². The lowest BCUT2D eigenvalue weighted by molar-refractivity contribution is -0.778. The first-order chi connectivity index (χ1) is 13.5. The first-order valence-corrected chi connectivity index (χ1v) is 9.90. The highest BCUT2D eigenvalue weighted by Crippen LogP contribution is 2.36. The molecular formula is C21H31N5O3. The van der Waals surface area contributed by atoms with Crippen LogP contribution < -0.4 is 20.8 Å². The molecule has 1 aliphatic heterocycles. The molecule has 3 N–H and O–H groups in total. The molecule has 29 heavy (non-hydrogen) atoms. The van der Waals surface area contributed by atoms with Gasteiger partial charge in [-0.05, 0) is 65.3 Å². The molecule has 2 heterocycles. The van der Waals surface area contributed by atoms with Gasteiger partial charge in [-0.2, -0.15) is 0 Å². The Hall–Kier alpha value is -2.61. The molecule has 0 radical (unpaired) electrons. The summed E-state index contributed by atoms with van der Waals surface area (Å²) in [6.45, 7) is 8.78. The normalized spacial score (nSPS) is 20.3. The van der Waals surface area contributed by atoms with Crippen LogP contribution in [-0.2, 0) is 11.2 Å². The highest BCUT2D eigenvalue weighted by atomic mass is 16.5. The largest absolute Gasteiger partial charge is 0.508 e. The van der Waals surface area contributed by atoms with Gasteiger partial charge < -0.3 is 14.9 Å². The SMILES string of the molecule is CN1C(C)(C)CC(NC(=O)C(Cc2ccc(O)cc2)[n+]2cc(=N)o[n-]2)CC1(C)C. The number of rotatable bonds is 5. The molecule has 0 aliphatic carbocycles. The first-order valence-electron chi connectivity index (χ1n) is 9.90. The maximum absolute atomic E-state index is 13.3. The fourth-order valence-electron chi connectivity index (χ4n) is 4.34. The number of aromatic hydroxyl groups is 1. The summed E-state index contributed by atoms with van der Waals surface area (Å²) in [5.74, 6) is 0.0191. The number of nitrogens with zero attached hydrogens (tertiary/aromatic N) is 3. The van der Waals surface area contributed by atoms with Crippen molar-refractivity contribution in [1.82, 2.24) is 15.5 Å². The minimum absolute atomic E-state index is 0.0361. The molecule has 8 heteroatoms. The van der Waals surface area contributed by atoms with Crippen molar-refractivity contribution >= 4 is 5.91 Å². The van der Waals surface area contributed by atoms with E-state index < -0.39 is 6.04 Å². The van der Waals surface area contributed by atoms with E-state index >= 15 is 0 Å². The van der Waals surface area contributed by atoms with E-state index in [-0.39, 0.29) is 34.3 Å². The topological polar surface area (TPSA) is 108 Å². The molecule has 1 fully saturated rings. The summed E-state index contributed by atoms with van der Waals surface area (Å²) in [5, 5.41) is 24.2. The van der Waals surface area contributed by atoms with Crippen molar-refractivity contribution < 1.29 is 19.1 Å². The van der Waals surface area contributed by atoms with Crippen LogP contribution in [0.5, 0.6) is 5.75 Å². The zero-order valence-electron chi connectivity index (χ0n) is 17.8. The van der Waals surface area contributed by atoms with Crippen LogP contribution in [0.15, 0.2) is 35.0 Å². The van der Waals surface area contributed by atoms with E-state index in [0.29, 0.717) is 6.42 Å². The fraction of sp³-hybridized carbons (Fsp3) is 0.571. The van der Waals surface area contributed by atoms with Crippen molar-refractivity contribution in [3.63, 3.8) is 0 Å². The van der Waals surface area contributed by atoms with Crippen LogP contribution in [0.1, 0.15) is 52.1 Å². The molecule has 2 aromatic rings. The van der Waals surface area contributed by atoms with Gasteiger partial charge in [0.2, 0.25) is 12.2 Å². The predicted octanol–water partition coefficient (Wildman–Crippen LogP) is 1.26. The van der Waals surface area contributed by atoms with E-state index in [0.717, 1.165) is 18.4 Å². The summed E-state index contributed by atoms with van der Waals surface area (Å²) in [6, 6.07) is 6.13. The highest BCUT2D eigenvalue weighted by molar-refractivity contribution is 5.79. The van der Waals surface area contributed by atoms with E-state index in [2.05, 4.69) is 50.2 Å². The van der Waals surface area contributed by atoms with Gasteiger partial charge in [0.25, 0.3) is 11.5 Å². The van der Waals surface area contributed by atoms with Crippen molar-refractivity contribution in [2.45, 2.75) is 70.1 Å². The van der Waals surface area contributed by atoms with Gasteiger partial charge in [0.15, 0.2) is 0 Å². The minimum Gasteiger partial charge on any atom is -0.508 e. The van der Waals surface area contributed by atoms with Gasteiger partial charge in [-0.3, -0.25) is 20.4 Å². The maximum Gasteiger partial charge on any atom is 0.289 e. The number of likely N-dealkylation sites (tertiary alicyclic amines) is 1. The van der Waals surface area contributed by atoms with Gasteiger partial charge in [0, 0.05) is 23.5 Å². The molecule has 1 aromatic heterocycles. The molecule has 1 amide bonds. The first kappa shape index (κ1) is 21.1. The van der Waals surface area contributed by atoms with Crippen molar-refractivity contribution in [1.29, 1.82) is 5.41 Å². The zero-order chi connectivity index (χ0) is 21.4. The Balaban J connectivity index is 1.81. The van der Waals surface area contributed by atoms with Gasteiger partial charge in [-0.15, -0.1) is 0 Å². The number of aromatic nitrogens is 2. The van der Waals surface area contributed by atoms with Crippen molar-refractivity contribution in [2.24, 2.45) is 0 Å². The Labute approximate surface area is 171 Å². The summed E-state index contributed by atoms with van der Waals surface area (Å²) in [6.07, 6.45) is 3.48. The smallest absolute Gasteiger partial charge is 0.289 e. The van der Waals surface area contributed by atoms with Crippen LogP contribution in [-0.4, -0.2) is 40.1 Å². The Morgan fingerprint density at radius 2 is 1.90 bits per heavy atom. The maximum atomic E-state index is 13.3. The van der Waals surface area contributed by atoms with E-state index in [9.17, 15) is 9.90 Å². The molecule has 3 rings (SSSR count). The number of amides is 1. The summed E-state index contributed by atoms with van der Waals surface area (Å²) in [5.41, 5.74) is 0.701. The average Bonchev–Trinajstić information content (AvgIpc) is 3.04. The Kier molecular flexibility index (Phi) is 5.58. The van der Waals surface area contributed by atoms with Crippen LogP contribution >= 0.6 is 0 Å². The molecule has 1 unspecified atom stereocenters. The van der Waals surface area contributed by atoms with E-state index in [1.54, 1.807) is 24.3 Å². The molecule has 0 saturated carbocycles. The number of phenols is 1. The molecule has 1 atom stereocenters. The number of carbonyl (C=O) groups excluding carboxylic acids is 1. The lowest BCUT2D eigenvalue weighted by Crippen LogP contribution is -2.63. The Morgan fingerprint density at radius 3 is 2.41 bits per heavy atom. The third kappa shape index (κ3) is 4.70. The lowest BCUT2D eigenvalue weighted by Gasteiger charge is -2.53. The van der Waals surface area contributed by atoms with E-state index in [4.69, 9.17) is 9.93 Å². The number of nitrogens with one attached hydrogen (secondary N) is 2. The Bertz CT molecular complexity index is 895. The summed E-state index contributed by atoms with van der Waals surface area (Å²) in [7, 11) is 2.13. The number of hydrogen-bond acceptors (Lipinski definition) is 5. The van der Waals surface area contributed by atoms with E-state index in [1.165, 1.54) is 10.9 Å². The van der Waals surface area contributed by atoms with Crippen molar-refractivity contribution in [2.75, 3.05) is 7.05 Å². The molecule has 0 spiro atoms. The Morgan fingerprint density at radius 1 is 1.31 bits per heavy atom. The van der Waals surface area contributed by atoms with E-state index in [1.807, 2.05) is 0 Å². The van der Waals surface area contributed by atoms with Crippen molar-refractivity contribution in [3.8, 4) is 5.75 Å². The lowest BCUT2D eigenvalue weighted by atomic mass is 9.77. The molecule has 158 valence electrons. The molecule has 0 bridgehead atoms. The fourth-order valence-corrected chi connectivity index (χ4v) is 4.34. The minimum atomic E-state index is -0.645. The van der Waals surface area contributed by atoms with Gasteiger partial charge in [0.1, 0.15) is 5.75 Å². The second-order valence-corrected chi connectivity index (χ2v) is 9.23. The second kappa shape index (κ2) is 7.67. The summed E-state index contributed by atoms with van der Waals surface area (Å²) >= 11 is 0. The number of piperidine rings is 1. The number of hydrogen-bond donors (Lipinski definition) is 3. The quantitative estimate of drug-likeness (QED) is 0.654. The van der Waals surface area contributed by atoms with Gasteiger partial charge in [-0.1, -0.05) is 12.1 Å². The average molecular weight is 402 g/mol. The summed E-state index contributed by atoms with van der Waals surface area (Å²) < 4.78 is 6.27. The number of phenolic OH excluding ortho intramolecular Hbond substituents is 1. The second-order valence-electron chi connectivity index (χ2n) is 9.23. The number of benzene rings is 1. The number of carbonyl (C=O) groups is 1. The van der Waals surface area contributed by atoms with Crippen LogP contribution in [0.25, 0.3) is 0 Å². The summed E-state index contributed by atoms with van der Waals surface area (Å²) in [4.78, 5) is 15.6. The molecule has 1 aliphatic rings. The van der Waals surface area contributed by atoms with Crippen LogP contribution in [0.2, 0.25) is 0 Å². The van der Waals surface area contributed by atoms with Crippen LogP contribution in [0.4, 0.5) is 0 Å². The molecule has 1 aromatic carbocycles. The monoisotopic (exact) mass is 401 g/mol. The molecular weight excluding hydrogens is 370 g/mol. The standard InChI is InChI=1S/C21H31N5O3/c1-20(2)11-15(12-21(3,4)25(20)5)23-19(28)17(26-13-18(22)29-24-26)10-14-6-8-16(27)9-7-14/h6-9,13,15,17,22,27H,10-12H2,1-5H3,(H,23,28). The predicted molar refractivity (Wildman–Crippen MR) is 106 cm³/mol.